The van der Waals surface area contributed by atoms with Gasteiger partial charge in [0.25, 0.3) is 0 Å². The van der Waals surface area contributed by atoms with Crippen molar-refractivity contribution in [3.05, 3.63) is 29.8 Å². The Morgan fingerprint density at radius 3 is 2.33 bits per heavy atom. The number of carbonyl (C=O) groups excluding carboxylic acids is 1. The molecule has 0 aromatic heterocycles. The van der Waals surface area contributed by atoms with Crippen molar-refractivity contribution in [3.8, 4) is 5.75 Å². The Labute approximate surface area is 138 Å². The minimum absolute atomic E-state index is 0.0219. The molecule has 2 saturated heterocycles. The molecule has 1 N–H and O–H groups in total. The Hall–Kier alpha value is -1.96. The Morgan fingerprint density at radius 1 is 1.12 bits per heavy atom. The first-order valence-corrected chi connectivity index (χ1v) is 8.02. The van der Waals surface area contributed by atoms with Crippen LogP contribution in [0.15, 0.2) is 24.3 Å². The van der Waals surface area contributed by atoms with Gasteiger partial charge in [-0.1, -0.05) is 12.1 Å². The molecule has 132 valence electrons. The molecule has 2 aliphatic rings. The zero-order valence-electron chi connectivity index (χ0n) is 13.2. The molecule has 0 aliphatic carbocycles. The normalized spacial score (nSPS) is 20.3. The lowest BCUT2D eigenvalue weighted by Gasteiger charge is -2.36. The Bertz CT molecular complexity index is 569. The van der Waals surface area contributed by atoms with E-state index in [0.29, 0.717) is 13.1 Å². The number of benzene rings is 1. The third-order valence-electron chi connectivity index (χ3n) is 4.45. The van der Waals surface area contributed by atoms with Gasteiger partial charge in [-0.15, -0.1) is 13.2 Å². The van der Waals surface area contributed by atoms with Gasteiger partial charge in [0.1, 0.15) is 5.75 Å². The highest BCUT2D eigenvalue weighted by molar-refractivity contribution is 5.76. The molecule has 0 unspecified atom stereocenters. The third-order valence-corrected chi connectivity index (χ3v) is 4.45. The summed E-state index contributed by atoms with van der Waals surface area (Å²) in [6.07, 6.45) is -2.82. The number of alkyl halides is 3. The van der Waals surface area contributed by atoms with Crippen molar-refractivity contribution < 1.29 is 22.7 Å². The number of hydrogen-bond donors (Lipinski definition) is 1. The van der Waals surface area contributed by atoms with Crippen LogP contribution in [0.4, 0.5) is 18.0 Å². The zero-order valence-corrected chi connectivity index (χ0v) is 13.2. The molecule has 3 rings (SSSR count). The molecule has 1 aromatic carbocycles. The fourth-order valence-corrected chi connectivity index (χ4v) is 3.28. The average molecular weight is 343 g/mol. The van der Waals surface area contributed by atoms with Gasteiger partial charge in [-0.05, 0) is 30.5 Å². The average Bonchev–Trinajstić information content (AvgIpc) is 2.95. The maximum absolute atomic E-state index is 12.1. The van der Waals surface area contributed by atoms with Gasteiger partial charge in [-0.2, -0.15) is 0 Å². The van der Waals surface area contributed by atoms with Crippen LogP contribution in [0, 0.1) is 0 Å². The minimum atomic E-state index is -4.66. The van der Waals surface area contributed by atoms with Gasteiger partial charge in [0, 0.05) is 38.8 Å². The molecule has 2 fully saturated rings. The van der Waals surface area contributed by atoms with Crippen molar-refractivity contribution in [2.75, 3.05) is 26.2 Å². The molecule has 2 amide bonds. The van der Waals surface area contributed by atoms with Crippen LogP contribution >= 0.6 is 0 Å². The number of amides is 2. The van der Waals surface area contributed by atoms with Gasteiger partial charge in [-0.25, -0.2) is 4.79 Å². The van der Waals surface area contributed by atoms with E-state index in [2.05, 4.69) is 15.0 Å². The highest BCUT2D eigenvalue weighted by Gasteiger charge is 2.31. The monoisotopic (exact) mass is 343 g/mol. The van der Waals surface area contributed by atoms with Crippen LogP contribution in [0.25, 0.3) is 0 Å². The molecule has 5 nitrogen and oxygen atoms in total. The van der Waals surface area contributed by atoms with Crippen LogP contribution in [0.1, 0.15) is 18.4 Å². The zero-order chi connectivity index (χ0) is 17.2. The van der Waals surface area contributed by atoms with Gasteiger partial charge >= 0.3 is 12.4 Å². The highest BCUT2D eigenvalue weighted by Crippen LogP contribution is 2.24. The lowest BCUT2D eigenvalue weighted by Crippen LogP contribution is -2.45. The van der Waals surface area contributed by atoms with Gasteiger partial charge < -0.3 is 15.0 Å². The molecule has 1 aromatic rings. The molecule has 0 spiro atoms. The molecule has 0 bridgehead atoms. The number of nitrogens with one attached hydrogen (secondary N) is 1. The maximum atomic E-state index is 12.1. The molecular weight excluding hydrogens is 323 g/mol. The lowest BCUT2D eigenvalue weighted by atomic mass is 10.0. The second-order valence-electron chi connectivity index (χ2n) is 6.12. The van der Waals surface area contributed by atoms with Crippen molar-refractivity contribution in [2.24, 2.45) is 0 Å². The van der Waals surface area contributed by atoms with Gasteiger partial charge in [0.15, 0.2) is 0 Å². The third kappa shape index (κ3) is 4.31. The number of likely N-dealkylation sites (tertiary alicyclic amines) is 1. The molecule has 2 heterocycles. The van der Waals surface area contributed by atoms with E-state index in [1.165, 1.54) is 12.1 Å². The largest absolute Gasteiger partial charge is 0.573 e. The van der Waals surface area contributed by atoms with E-state index in [1.807, 2.05) is 4.90 Å². The number of hydrogen-bond acceptors (Lipinski definition) is 3. The fourth-order valence-electron chi connectivity index (χ4n) is 3.28. The predicted octanol–water partition coefficient (Wildman–Crippen LogP) is 2.57. The number of carbonyl (C=O) groups is 1. The Kier molecular flexibility index (Phi) is 4.84. The summed E-state index contributed by atoms with van der Waals surface area (Å²) < 4.78 is 40.3. The van der Waals surface area contributed by atoms with Crippen molar-refractivity contribution >= 4 is 6.03 Å². The fraction of sp³-hybridized carbons (Fsp3) is 0.562. The van der Waals surface area contributed by atoms with Crippen LogP contribution in [0.2, 0.25) is 0 Å². The first-order valence-electron chi connectivity index (χ1n) is 8.02. The summed E-state index contributed by atoms with van der Waals surface area (Å²) in [5, 5.41) is 2.82. The number of piperidine rings is 1. The van der Waals surface area contributed by atoms with Crippen LogP contribution in [-0.4, -0.2) is 54.4 Å². The summed E-state index contributed by atoms with van der Waals surface area (Å²) in [4.78, 5) is 15.8. The molecular formula is C16H20F3N3O2. The van der Waals surface area contributed by atoms with E-state index < -0.39 is 6.36 Å². The summed E-state index contributed by atoms with van der Waals surface area (Å²) in [6.45, 7) is 3.91. The second kappa shape index (κ2) is 6.88. The van der Waals surface area contributed by atoms with Crippen molar-refractivity contribution in [1.82, 2.24) is 15.1 Å². The number of urea groups is 1. The summed E-state index contributed by atoms with van der Waals surface area (Å²) in [5.74, 6) is -0.204. The summed E-state index contributed by atoms with van der Waals surface area (Å²) in [7, 11) is 0. The van der Waals surface area contributed by atoms with E-state index >= 15 is 0 Å². The quantitative estimate of drug-likeness (QED) is 0.914. The standard InChI is InChI=1S/C16H20F3N3O2/c17-16(18,19)24-14-3-1-12(2-4-14)11-21-8-5-13(6-9-21)22-10-7-20-15(22)23/h1-4,13H,5-11H2,(H,20,23). The summed E-state index contributed by atoms with van der Waals surface area (Å²) in [6, 6.07) is 6.29. The Morgan fingerprint density at radius 2 is 1.79 bits per heavy atom. The smallest absolute Gasteiger partial charge is 0.406 e. The van der Waals surface area contributed by atoms with E-state index in [-0.39, 0.29) is 17.8 Å². The molecule has 8 heteroatoms. The minimum Gasteiger partial charge on any atom is -0.406 e. The summed E-state index contributed by atoms with van der Waals surface area (Å²) >= 11 is 0. The van der Waals surface area contributed by atoms with E-state index in [4.69, 9.17) is 0 Å². The topological polar surface area (TPSA) is 44.8 Å². The van der Waals surface area contributed by atoms with Crippen LogP contribution in [0.3, 0.4) is 0 Å². The van der Waals surface area contributed by atoms with Crippen molar-refractivity contribution in [2.45, 2.75) is 31.8 Å². The first-order chi connectivity index (χ1) is 11.4. The lowest BCUT2D eigenvalue weighted by molar-refractivity contribution is -0.274. The van der Waals surface area contributed by atoms with E-state index in [0.717, 1.165) is 38.0 Å². The highest BCUT2D eigenvalue weighted by atomic mass is 19.4. The van der Waals surface area contributed by atoms with E-state index in [1.54, 1.807) is 12.1 Å². The van der Waals surface area contributed by atoms with Crippen molar-refractivity contribution in [3.63, 3.8) is 0 Å². The number of nitrogens with zero attached hydrogens (tertiary/aromatic N) is 2. The number of ether oxygens (including phenoxy) is 1. The SMILES string of the molecule is O=C1NCCN1C1CCN(Cc2ccc(OC(F)(F)F)cc2)CC1. The first kappa shape index (κ1) is 16.9. The Balaban J connectivity index is 1.48. The van der Waals surface area contributed by atoms with Gasteiger partial charge in [0.05, 0.1) is 0 Å². The number of halogens is 3. The molecule has 0 atom stereocenters. The molecule has 0 saturated carbocycles. The van der Waals surface area contributed by atoms with Crippen LogP contribution in [-0.2, 0) is 6.54 Å². The predicted molar refractivity (Wildman–Crippen MR) is 81.5 cm³/mol. The molecule has 24 heavy (non-hydrogen) atoms. The number of rotatable bonds is 4. The summed E-state index contributed by atoms with van der Waals surface area (Å²) in [5.41, 5.74) is 0.946. The van der Waals surface area contributed by atoms with Crippen LogP contribution in [0.5, 0.6) is 5.75 Å². The maximum Gasteiger partial charge on any atom is 0.573 e. The van der Waals surface area contributed by atoms with E-state index in [9.17, 15) is 18.0 Å². The van der Waals surface area contributed by atoms with Gasteiger partial charge in [0.2, 0.25) is 0 Å². The van der Waals surface area contributed by atoms with Crippen LogP contribution < -0.4 is 10.1 Å². The molecule has 2 aliphatic heterocycles. The van der Waals surface area contributed by atoms with Crippen molar-refractivity contribution in [1.29, 1.82) is 0 Å². The van der Waals surface area contributed by atoms with Gasteiger partial charge in [-0.3, -0.25) is 4.90 Å². The second-order valence-corrected chi connectivity index (χ2v) is 6.12. The molecule has 0 radical (unpaired) electrons.